The molecule has 0 amide bonds. The van der Waals surface area contributed by atoms with Crippen molar-refractivity contribution in [2.24, 2.45) is 5.41 Å². The van der Waals surface area contributed by atoms with Crippen LogP contribution in [0.2, 0.25) is 0 Å². The number of benzene rings is 1. The van der Waals surface area contributed by atoms with Crippen molar-refractivity contribution < 1.29 is 15.0 Å². The van der Waals surface area contributed by atoms with Crippen LogP contribution in [0.3, 0.4) is 0 Å². The number of hydrogen-bond acceptors (Lipinski definition) is 2. The second kappa shape index (κ2) is 5.11. The van der Waals surface area contributed by atoms with Gasteiger partial charge in [-0.15, -0.1) is 0 Å². The molecule has 0 aliphatic rings. The summed E-state index contributed by atoms with van der Waals surface area (Å²) in [6, 6.07) is 7.70. The molecular weight excluding hydrogens is 228 g/mol. The maximum absolute atomic E-state index is 11.2. The second-order valence-corrected chi connectivity index (χ2v) is 6.12. The van der Waals surface area contributed by atoms with Gasteiger partial charge in [0, 0.05) is 6.42 Å². The van der Waals surface area contributed by atoms with E-state index in [9.17, 15) is 15.0 Å². The van der Waals surface area contributed by atoms with E-state index >= 15 is 0 Å². The molecular formula is C15H22O3. The maximum atomic E-state index is 11.2. The van der Waals surface area contributed by atoms with E-state index in [-0.39, 0.29) is 0 Å². The van der Waals surface area contributed by atoms with E-state index < -0.39 is 17.0 Å². The number of rotatable bonds is 5. The lowest BCUT2D eigenvalue weighted by molar-refractivity contribution is -0.146. The summed E-state index contributed by atoms with van der Waals surface area (Å²) in [6.45, 7) is 6.95. The van der Waals surface area contributed by atoms with E-state index in [2.05, 4.69) is 0 Å². The molecule has 2 N–H and O–H groups in total. The number of carboxylic acid groups (broad SMARTS) is 1. The molecule has 0 saturated heterocycles. The highest BCUT2D eigenvalue weighted by Gasteiger charge is 2.28. The lowest BCUT2D eigenvalue weighted by Gasteiger charge is -2.23. The topological polar surface area (TPSA) is 57.5 Å². The second-order valence-electron chi connectivity index (χ2n) is 6.12. The van der Waals surface area contributed by atoms with Crippen molar-refractivity contribution in [1.82, 2.24) is 0 Å². The van der Waals surface area contributed by atoms with Crippen LogP contribution < -0.4 is 0 Å². The molecule has 0 aliphatic carbocycles. The van der Waals surface area contributed by atoms with Crippen LogP contribution in [0.1, 0.15) is 38.8 Å². The van der Waals surface area contributed by atoms with Gasteiger partial charge in [0.25, 0.3) is 0 Å². The normalized spacial score (nSPS) is 12.5. The van der Waals surface area contributed by atoms with E-state index in [4.69, 9.17) is 0 Å². The SMILES string of the molecule is CC(C)(O)Cc1ccccc1CC(C)(C)C(=O)O. The first-order chi connectivity index (χ1) is 8.12. The summed E-state index contributed by atoms with van der Waals surface area (Å²) in [5.74, 6) is -0.805. The monoisotopic (exact) mass is 250 g/mol. The van der Waals surface area contributed by atoms with Gasteiger partial charge in [0.2, 0.25) is 0 Å². The first kappa shape index (κ1) is 14.7. The van der Waals surface area contributed by atoms with Gasteiger partial charge in [-0.1, -0.05) is 24.3 Å². The predicted molar refractivity (Wildman–Crippen MR) is 71.6 cm³/mol. The zero-order chi connectivity index (χ0) is 14.0. The fourth-order valence-corrected chi connectivity index (χ4v) is 1.92. The van der Waals surface area contributed by atoms with Crippen LogP contribution in [-0.2, 0) is 17.6 Å². The van der Waals surface area contributed by atoms with Crippen LogP contribution in [-0.4, -0.2) is 21.8 Å². The lowest BCUT2D eigenvalue weighted by Crippen LogP contribution is -2.28. The summed E-state index contributed by atoms with van der Waals surface area (Å²) in [5.41, 5.74) is 0.422. The minimum Gasteiger partial charge on any atom is -0.481 e. The Bertz CT molecular complexity index is 428. The quantitative estimate of drug-likeness (QED) is 0.844. The lowest BCUT2D eigenvalue weighted by atomic mass is 9.82. The molecule has 0 unspecified atom stereocenters. The standard InChI is InChI=1S/C15H22O3/c1-14(2,13(16)17)9-11-7-5-6-8-12(11)10-15(3,4)18/h5-8,18H,9-10H2,1-4H3,(H,16,17). The van der Waals surface area contributed by atoms with Crippen LogP contribution in [0.4, 0.5) is 0 Å². The van der Waals surface area contributed by atoms with Crippen molar-refractivity contribution in [1.29, 1.82) is 0 Å². The van der Waals surface area contributed by atoms with Crippen molar-refractivity contribution in [2.75, 3.05) is 0 Å². The van der Waals surface area contributed by atoms with Gasteiger partial charge in [0.05, 0.1) is 11.0 Å². The third-order valence-corrected chi connectivity index (χ3v) is 2.95. The van der Waals surface area contributed by atoms with Crippen LogP contribution >= 0.6 is 0 Å². The smallest absolute Gasteiger partial charge is 0.309 e. The van der Waals surface area contributed by atoms with Crippen molar-refractivity contribution in [2.45, 2.75) is 46.1 Å². The average Bonchev–Trinajstić information content (AvgIpc) is 2.18. The highest BCUT2D eigenvalue weighted by Crippen LogP contribution is 2.26. The van der Waals surface area contributed by atoms with Crippen LogP contribution in [0.25, 0.3) is 0 Å². The number of carbonyl (C=O) groups is 1. The number of hydrogen-bond donors (Lipinski definition) is 2. The Kier molecular flexibility index (Phi) is 4.17. The Balaban J connectivity index is 3.00. The number of aliphatic hydroxyl groups is 1. The summed E-state index contributed by atoms with van der Waals surface area (Å²) in [4.78, 5) is 11.2. The Morgan fingerprint density at radius 2 is 1.50 bits per heavy atom. The minimum atomic E-state index is -0.805. The summed E-state index contributed by atoms with van der Waals surface area (Å²) < 4.78 is 0. The molecule has 0 spiro atoms. The Morgan fingerprint density at radius 3 is 1.89 bits per heavy atom. The van der Waals surface area contributed by atoms with E-state index in [1.165, 1.54) is 0 Å². The molecule has 1 aromatic rings. The predicted octanol–water partition coefficient (Wildman–Crippen LogP) is 2.65. The van der Waals surface area contributed by atoms with Crippen LogP contribution in [0.5, 0.6) is 0 Å². The van der Waals surface area contributed by atoms with E-state index in [1.54, 1.807) is 27.7 Å². The zero-order valence-corrected chi connectivity index (χ0v) is 11.5. The first-order valence-electron chi connectivity index (χ1n) is 6.14. The number of aliphatic carboxylic acids is 1. The first-order valence-corrected chi connectivity index (χ1v) is 6.14. The van der Waals surface area contributed by atoms with Gasteiger partial charge in [-0.05, 0) is 45.2 Å². The van der Waals surface area contributed by atoms with Gasteiger partial charge >= 0.3 is 5.97 Å². The maximum Gasteiger partial charge on any atom is 0.309 e. The largest absolute Gasteiger partial charge is 0.481 e. The van der Waals surface area contributed by atoms with Gasteiger partial charge < -0.3 is 10.2 Å². The number of carboxylic acids is 1. The van der Waals surface area contributed by atoms with Crippen molar-refractivity contribution in [3.05, 3.63) is 35.4 Å². The summed E-state index contributed by atoms with van der Waals surface area (Å²) in [5, 5.41) is 19.1. The van der Waals surface area contributed by atoms with E-state index in [1.807, 2.05) is 24.3 Å². The molecule has 0 heterocycles. The highest BCUT2D eigenvalue weighted by atomic mass is 16.4. The van der Waals surface area contributed by atoms with Crippen molar-refractivity contribution in [3.63, 3.8) is 0 Å². The summed E-state index contributed by atoms with van der Waals surface area (Å²) >= 11 is 0. The molecule has 3 nitrogen and oxygen atoms in total. The Morgan fingerprint density at radius 1 is 1.06 bits per heavy atom. The molecule has 0 atom stereocenters. The van der Waals surface area contributed by atoms with Crippen LogP contribution in [0.15, 0.2) is 24.3 Å². The molecule has 0 aromatic heterocycles. The third-order valence-electron chi connectivity index (χ3n) is 2.95. The van der Waals surface area contributed by atoms with Crippen molar-refractivity contribution >= 4 is 5.97 Å². The molecule has 100 valence electrons. The fourth-order valence-electron chi connectivity index (χ4n) is 1.92. The van der Waals surface area contributed by atoms with Crippen molar-refractivity contribution in [3.8, 4) is 0 Å². The summed E-state index contributed by atoms with van der Waals surface area (Å²) in [7, 11) is 0. The molecule has 0 saturated carbocycles. The minimum absolute atomic E-state index is 0.467. The van der Waals surface area contributed by atoms with E-state index in [0.29, 0.717) is 12.8 Å². The molecule has 0 aliphatic heterocycles. The third kappa shape index (κ3) is 4.15. The summed E-state index contributed by atoms with van der Waals surface area (Å²) in [6.07, 6.45) is 0.994. The zero-order valence-electron chi connectivity index (χ0n) is 11.5. The molecule has 1 aromatic carbocycles. The highest BCUT2D eigenvalue weighted by molar-refractivity contribution is 5.74. The van der Waals surface area contributed by atoms with Gasteiger partial charge in [-0.3, -0.25) is 4.79 Å². The molecule has 0 radical (unpaired) electrons. The van der Waals surface area contributed by atoms with Gasteiger partial charge in [-0.2, -0.15) is 0 Å². The molecule has 1 rings (SSSR count). The molecule has 18 heavy (non-hydrogen) atoms. The Labute approximate surface area is 108 Å². The van der Waals surface area contributed by atoms with Crippen LogP contribution in [0, 0.1) is 5.41 Å². The van der Waals surface area contributed by atoms with Gasteiger partial charge in [-0.25, -0.2) is 0 Å². The Hall–Kier alpha value is -1.35. The van der Waals surface area contributed by atoms with E-state index in [0.717, 1.165) is 11.1 Å². The average molecular weight is 250 g/mol. The van der Waals surface area contributed by atoms with Gasteiger partial charge in [0.1, 0.15) is 0 Å². The molecule has 0 bridgehead atoms. The fraction of sp³-hybridized carbons (Fsp3) is 0.533. The molecule has 3 heteroatoms. The van der Waals surface area contributed by atoms with Gasteiger partial charge in [0.15, 0.2) is 0 Å². The molecule has 0 fully saturated rings.